The number of nitrogens with one attached hydrogen (secondary N) is 2. The van der Waals surface area contributed by atoms with Crippen LogP contribution in [0.1, 0.15) is 77.2 Å². The zero-order valence-corrected chi connectivity index (χ0v) is 31.6. The molecule has 4 aliphatic rings. The van der Waals surface area contributed by atoms with Gasteiger partial charge in [-0.15, -0.1) is 0 Å². The molecule has 8 rings (SSSR count). The smallest absolute Gasteiger partial charge is 0.258 e. The molecule has 0 spiro atoms. The van der Waals surface area contributed by atoms with E-state index in [9.17, 15) is 19.6 Å². The summed E-state index contributed by atoms with van der Waals surface area (Å²) < 4.78 is 11.8. The van der Waals surface area contributed by atoms with Crippen LogP contribution in [0.5, 0.6) is 11.5 Å². The van der Waals surface area contributed by atoms with Gasteiger partial charge in [-0.3, -0.25) is 29.7 Å². The molecule has 5 heterocycles. The fraction of sp³-hybridized carbons (Fsp3) is 0.452. The number of ether oxygens (including phenoxy) is 2. The SMILES string of the molecule is COc1cc(N2CCN(CCCCOc3ccc(C4CCN(c5ccc(C)c6c(C#N)n[nH]c56)CC4)cc3)CC2)cc2c1C(=O)N(C1CCC(=O)NC1=O)C2. The molecule has 55 heavy (non-hydrogen) atoms. The predicted molar refractivity (Wildman–Crippen MR) is 209 cm³/mol. The van der Waals surface area contributed by atoms with E-state index in [4.69, 9.17) is 9.47 Å². The second-order valence-electron chi connectivity index (χ2n) is 15.1. The molecule has 2 N–H and O–H groups in total. The van der Waals surface area contributed by atoms with Crippen LogP contribution in [0, 0.1) is 18.3 Å². The van der Waals surface area contributed by atoms with Gasteiger partial charge in [0.25, 0.3) is 5.91 Å². The lowest BCUT2D eigenvalue weighted by atomic mass is 9.89. The summed E-state index contributed by atoms with van der Waals surface area (Å²) in [5, 5.41) is 20.1. The molecule has 3 fully saturated rings. The molecule has 3 aromatic carbocycles. The first-order valence-corrected chi connectivity index (χ1v) is 19.5. The van der Waals surface area contributed by atoms with Crippen molar-refractivity contribution in [3.63, 3.8) is 0 Å². The van der Waals surface area contributed by atoms with Crippen LogP contribution in [0.3, 0.4) is 0 Å². The first kappa shape index (κ1) is 36.4. The van der Waals surface area contributed by atoms with E-state index in [1.807, 2.05) is 13.0 Å². The molecule has 4 aliphatic heterocycles. The van der Waals surface area contributed by atoms with E-state index in [-0.39, 0.29) is 18.2 Å². The van der Waals surface area contributed by atoms with Crippen molar-refractivity contribution in [1.29, 1.82) is 5.26 Å². The van der Waals surface area contributed by atoms with Crippen LogP contribution in [-0.2, 0) is 16.1 Å². The third-order valence-corrected chi connectivity index (χ3v) is 11.9. The van der Waals surface area contributed by atoms with Crippen LogP contribution in [0.25, 0.3) is 10.9 Å². The molecule has 13 heteroatoms. The number of piperazine rings is 1. The molecule has 1 aromatic heterocycles. The average molecular weight is 745 g/mol. The average Bonchev–Trinajstić information content (AvgIpc) is 3.80. The Kier molecular flexibility index (Phi) is 10.3. The van der Waals surface area contributed by atoms with E-state index in [0.717, 1.165) is 111 Å². The molecule has 4 aromatic rings. The van der Waals surface area contributed by atoms with Gasteiger partial charge < -0.3 is 24.2 Å². The fourth-order valence-corrected chi connectivity index (χ4v) is 8.77. The van der Waals surface area contributed by atoms with Gasteiger partial charge in [0.1, 0.15) is 23.6 Å². The fourth-order valence-electron chi connectivity index (χ4n) is 8.77. The van der Waals surface area contributed by atoms with Crippen LogP contribution in [0.2, 0.25) is 0 Å². The number of carbonyl (C=O) groups is 3. The molecule has 0 radical (unpaired) electrons. The van der Waals surface area contributed by atoms with E-state index in [0.29, 0.717) is 42.5 Å². The monoisotopic (exact) mass is 744 g/mol. The molecule has 3 saturated heterocycles. The topological polar surface area (TPSA) is 147 Å². The van der Waals surface area contributed by atoms with Crippen molar-refractivity contribution in [2.24, 2.45) is 0 Å². The Morgan fingerprint density at radius 1 is 0.927 bits per heavy atom. The molecular formula is C42H48N8O5. The number of aromatic amines is 1. The van der Waals surface area contributed by atoms with Gasteiger partial charge >= 0.3 is 0 Å². The Hall–Kier alpha value is -5.61. The number of amides is 3. The summed E-state index contributed by atoms with van der Waals surface area (Å²) >= 11 is 0. The molecule has 286 valence electrons. The van der Waals surface area contributed by atoms with Crippen molar-refractivity contribution in [1.82, 2.24) is 25.3 Å². The number of methoxy groups -OCH3 is 1. The van der Waals surface area contributed by atoms with Gasteiger partial charge in [0.2, 0.25) is 11.8 Å². The second-order valence-corrected chi connectivity index (χ2v) is 15.1. The van der Waals surface area contributed by atoms with Crippen molar-refractivity contribution in [3.05, 3.63) is 76.5 Å². The predicted octanol–water partition coefficient (Wildman–Crippen LogP) is 4.88. The highest BCUT2D eigenvalue weighted by atomic mass is 16.5. The lowest BCUT2D eigenvalue weighted by molar-refractivity contribution is -0.136. The van der Waals surface area contributed by atoms with E-state index in [1.54, 1.807) is 12.0 Å². The number of nitrogens with zero attached hydrogens (tertiary/aromatic N) is 6. The van der Waals surface area contributed by atoms with Gasteiger partial charge in [-0.25, -0.2) is 0 Å². The van der Waals surface area contributed by atoms with Gasteiger partial charge in [-0.05, 0) is 92.4 Å². The van der Waals surface area contributed by atoms with Crippen molar-refractivity contribution in [2.45, 2.75) is 64.0 Å². The van der Waals surface area contributed by atoms with Crippen LogP contribution in [0.4, 0.5) is 11.4 Å². The number of hydrogen-bond donors (Lipinski definition) is 2. The van der Waals surface area contributed by atoms with Gasteiger partial charge in [0.05, 0.1) is 30.5 Å². The zero-order chi connectivity index (χ0) is 38.1. The minimum absolute atomic E-state index is 0.223. The van der Waals surface area contributed by atoms with Gasteiger partial charge in [-0.1, -0.05) is 18.2 Å². The first-order chi connectivity index (χ1) is 26.8. The number of piperidine rings is 2. The Labute approximate surface area is 321 Å². The number of carbonyl (C=O) groups excluding carboxylic acids is 3. The molecule has 1 unspecified atom stereocenters. The number of anilines is 2. The first-order valence-electron chi connectivity index (χ1n) is 19.5. The van der Waals surface area contributed by atoms with Crippen LogP contribution in [-0.4, -0.2) is 103 Å². The van der Waals surface area contributed by atoms with E-state index in [1.165, 1.54) is 5.56 Å². The summed E-state index contributed by atoms with van der Waals surface area (Å²) in [4.78, 5) is 46.4. The van der Waals surface area contributed by atoms with Gasteiger partial charge in [-0.2, -0.15) is 10.4 Å². The zero-order valence-electron chi connectivity index (χ0n) is 31.6. The number of aryl methyl sites for hydroxylation is 1. The van der Waals surface area contributed by atoms with E-state index in [2.05, 4.69) is 78.7 Å². The minimum Gasteiger partial charge on any atom is -0.496 e. The Bertz CT molecular complexity index is 2130. The summed E-state index contributed by atoms with van der Waals surface area (Å²) in [5.41, 5.74) is 7.35. The quantitative estimate of drug-likeness (QED) is 0.161. The molecule has 3 amide bonds. The summed E-state index contributed by atoms with van der Waals surface area (Å²) in [6.07, 6.45) is 4.74. The van der Waals surface area contributed by atoms with Crippen LogP contribution >= 0.6 is 0 Å². The number of H-pyrrole nitrogens is 1. The minimum atomic E-state index is -0.650. The van der Waals surface area contributed by atoms with E-state index < -0.39 is 11.9 Å². The summed E-state index contributed by atoms with van der Waals surface area (Å²) in [6.45, 7) is 9.61. The van der Waals surface area contributed by atoms with Crippen molar-refractivity contribution in [3.8, 4) is 17.6 Å². The number of nitriles is 1. The van der Waals surface area contributed by atoms with Crippen LogP contribution < -0.4 is 24.6 Å². The number of unbranched alkanes of at least 4 members (excludes halogenated alkanes) is 1. The lowest BCUT2D eigenvalue weighted by Gasteiger charge is -2.36. The van der Waals surface area contributed by atoms with E-state index >= 15 is 0 Å². The highest BCUT2D eigenvalue weighted by Crippen LogP contribution is 2.38. The number of aromatic nitrogens is 2. The van der Waals surface area contributed by atoms with Crippen LogP contribution in [0.15, 0.2) is 48.5 Å². The standard InChI is InChI=1S/C42H48N8O5/c1-27-5-10-34(40-38(27)33(25-43)45-46-40)49-16-13-29(14-17-49)28-6-8-32(9-7-28)55-22-4-3-15-47-18-20-48(21-19-47)31-23-30-26-50(35-11-12-37(51)44-41(35)52)42(53)39(30)36(24-31)54-2/h5-10,23-24,29,35H,3-4,11-22,26H2,1-2H3,(H,45,46)(H,44,51,52). The number of rotatable bonds is 11. The molecular weight excluding hydrogens is 697 g/mol. The number of imide groups is 1. The van der Waals surface area contributed by atoms with Crippen molar-refractivity contribution < 1.29 is 23.9 Å². The maximum Gasteiger partial charge on any atom is 0.258 e. The molecule has 0 aliphatic carbocycles. The summed E-state index contributed by atoms with van der Waals surface area (Å²) in [5.74, 6) is 1.02. The lowest BCUT2D eigenvalue weighted by Crippen LogP contribution is -2.52. The Morgan fingerprint density at radius 3 is 2.44 bits per heavy atom. The number of fused-ring (bicyclic) bond motifs is 2. The molecule has 13 nitrogen and oxygen atoms in total. The number of benzene rings is 3. The molecule has 0 saturated carbocycles. The van der Waals surface area contributed by atoms with Gasteiger partial charge in [0, 0.05) is 69.4 Å². The van der Waals surface area contributed by atoms with Crippen molar-refractivity contribution in [2.75, 3.05) is 69.3 Å². The molecule has 1 atom stereocenters. The summed E-state index contributed by atoms with van der Waals surface area (Å²) in [6, 6.07) is 18.4. The Morgan fingerprint density at radius 2 is 1.71 bits per heavy atom. The largest absolute Gasteiger partial charge is 0.496 e. The maximum absolute atomic E-state index is 13.4. The maximum atomic E-state index is 13.4. The second kappa shape index (κ2) is 15.6. The summed E-state index contributed by atoms with van der Waals surface area (Å²) in [7, 11) is 1.57. The Balaban J connectivity index is 0.759. The number of hydrogen-bond acceptors (Lipinski definition) is 10. The highest BCUT2D eigenvalue weighted by molar-refractivity contribution is 6.07. The van der Waals surface area contributed by atoms with Crippen molar-refractivity contribution >= 4 is 40.0 Å². The third kappa shape index (κ3) is 7.31. The van der Waals surface area contributed by atoms with Gasteiger partial charge in [0.15, 0.2) is 5.69 Å². The molecule has 0 bridgehead atoms. The normalized spacial score (nSPS) is 19.5. The third-order valence-electron chi connectivity index (χ3n) is 11.9. The highest BCUT2D eigenvalue weighted by Gasteiger charge is 2.41.